The van der Waals surface area contributed by atoms with Crippen LogP contribution in [0.25, 0.3) is 0 Å². The van der Waals surface area contributed by atoms with E-state index in [0.29, 0.717) is 5.92 Å². The first-order valence-corrected chi connectivity index (χ1v) is 4.27. The van der Waals surface area contributed by atoms with Gasteiger partial charge in [0.1, 0.15) is 0 Å². The molecule has 0 aliphatic carbocycles. The Labute approximate surface area is 68.7 Å². The summed E-state index contributed by atoms with van der Waals surface area (Å²) in [5.41, 5.74) is 0.109. The lowest BCUT2D eigenvalue weighted by Crippen LogP contribution is -2.39. The second-order valence-electron chi connectivity index (χ2n) is 3.53. The van der Waals surface area contributed by atoms with Crippen LogP contribution in [0.4, 0.5) is 0 Å². The molecule has 1 aliphatic rings. The maximum absolute atomic E-state index is 5.29. The normalized spacial score (nSPS) is 23.5. The van der Waals surface area contributed by atoms with Gasteiger partial charge in [-0.15, -0.1) is 0 Å². The lowest BCUT2D eigenvalue weighted by atomic mass is 9.80. The van der Waals surface area contributed by atoms with Crippen LogP contribution in [0.15, 0.2) is 4.99 Å². The minimum atomic E-state index is 0.109. The molecule has 0 aromatic rings. The van der Waals surface area contributed by atoms with Crippen LogP contribution in [0.3, 0.4) is 0 Å². The highest BCUT2D eigenvalue weighted by Gasteiger charge is 2.33. The van der Waals surface area contributed by atoms with Gasteiger partial charge in [0.15, 0.2) is 0 Å². The average Bonchev–Trinajstić information content (AvgIpc) is 2.05. The van der Waals surface area contributed by atoms with Gasteiger partial charge >= 0.3 is 0 Å². The molecule has 0 aromatic heterocycles. The van der Waals surface area contributed by atoms with E-state index >= 15 is 0 Å². The fourth-order valence-electron chi connectivity index (χ4n) is 1.64. The Hall–Kier alpha value is -0.370. The van der Waals surface area contributed by atoms with Crippen molar-refractivity contribution >= 4 is 6.72 Å². The third-order valence-electron chi connectivity index (χ3n) is 2.75. The molecule has 1 rings (SSSR count). The maximum atomic E-state index is 5.29. The molecule has 0 aromatic carbocycles. The predicted molar refractivity (Wildman–Crippen MR) is 47.2 cm³/mol. The van der Waals surface area contributed by atoms with Crippen LogP contribution < -0.4 is 0 Å². The Balaban J connectivity index is 2.64. The van der Waals surface area contributed by atoms with E-state index in [-0.39, 0.29) is 5.54 Å². The third-order valence-corrected chi connectivity index (χ3v) is 2.75. The van der Waals surface area contributed by atoms with E-state index in [1.54, 1.807) is 0 Å². The summed E-state index contributed by atoms with van der Waals surface area (Å²) in [6, 6.07) is 0. The highest BCUT2D eigenvalue weighted by atomic mass is 16.5. The minimum Gasteiger partial charge on any atom is -0.381 e. The highest BCUT2D eigenvalue weighted by Crippen LogP contribution is 2.32. The van der Waals surface area contributed by atoms with Crippen molar-refractivity contribution in [2.75, 3.05) is 13.2 Å². The van der Waals surface area contributed by atoms with E-state index in [0.717, 1.165) is 26.1 Å². The lowest BCUT2D eigenvalue weighted by molar-refractivity contribution is 0.0378. The molecule has 0 radical (unpaired) electrons. The van der Waals surface area contributed by atoms with Crippen molar-refractivity contribution in [1.29, 1.82) is 0 Å². The standard InChI is InChI=1S/C9H17NO/c1-8(2)9(10-3)4-6-11-7-5-9/h8H,3-7H2,1-2H3. The van der Waals surface area contributed by atoms with Gasteiger partial charge in [-0.3, -0.25) is 4.99 Å². The van der Waals surface area contributed by atoms with E-state index in [1.807, 2.05) is 0 Å². The molecule has 1 heterocycles. The number of hydrogen-bond acceptors (Lipinski definition) is 2. The molecule has 1 aliphatic heterocycles. The number of aliphatic imine (C=N–C) groups is 1. The van der Waals surface area contributed by atoms with Gasteiger partial charge in [0.05, 0.1) is 5.54 Å². The molecular weight excluding hydrogens is 138 g/mol. The summed E-state index contributed by atoms with van der Waals surface area (Å²) in [5.74, 6) is 0.587. The Morgan fingerprint density at radius 1 is 1.36 bits per heavy atom. The molecule has 0 bridgehead atoms. The Morgan fingerprint density at radius 2 is 1.91 bits per heavy atom. The molecule has 0 saturated carbocycles. The minimum absolute atomic E-state index is 0.109. The molecular formula is C9H17NO. The van der Waals surface area contributed by atoms with Gasteiger partial charge in [-0.1, -0.05) is 13.8 Å². The highest BCUT2D eigenvalue weighted by molar-refractivity contribution is 5.26. The monoisotopic (exact) mass is 155 g/mol. The molecule has 1 fully saturated rings. The third kappa shape index (κ3) is 1.62. The van der Waals surface area contributed by atoms with Gasteiger partial charge in [0.2, 0.25) is 0 Å². The smallest absolute Gasteiger partial charge is 0.0667 e. The number of ether oxygens (including phenoxy) is 1. The first-order chi connectivity index (χ1) is 5.21. The average molecular weight is 155 g/mol. The largest absolute Gasteiger partial charge is 0.381 e. The SMILES string of the molecule is C=NC1(C(C)C)CCOCC1. The van der Waals surface area contributed by atoms with E-state index < -0.39 is 0 Å². The molecule has 0 atom stereocenters. The van der Waals surface area contributed by atoms with Crippen molar-refractivity contribution in [3.8, 4) is 0 Å². The molecule has 0 amide bonds. The Kier molecular flexibility index (Phi) is 2.66. The maximum Gasteiger partial charge on any atom is 0.0667 e. The van der Waals surface area contributed by atoms with Crippen LogP contribution in [-0.2, 0) is 4.74 Å². The second kappa shape index (κ2) is 3.35. The predicted octanol–water partition coefficient (Wildman–Crippen LogP) is 1.89. The number of nitrogens with zero attached hydrogens (tertiary/aromatic N) is 1. The molecule has 11 heavy (non-hydrogen) atoms. The molecule has 1 saturated heterocycles. The van der Waals surface area contributed by atoms with Crippen LogP contribution in [0, 0.1) is 5.92 Å². The van der Waals surface area contributed by atoms with Gasteiger partial charge in [0.25, 0.3) is 0 Å². The van der Waals surface area contributed by atoms with Gasteiger partial charge in [-0.2, -0.15) is 0 Å². The van der Waals surface area contributed by atoms with Crippen LogP contribution in [0.5, 0.6) is 0 Å². The van der Waals surface area contributed by atoms with Gasteiger partial charge in [-0.05, 0) is 25.5 Å². The zero-order valence-electron chi connectivity index (χ0n) is 7.47. The second-order valence-corrected chi connectivity index (χ2v) is 3.53. The van der Waals surface area contributed by atoms with Crippen molar-refractivity contribution in [3.05, 3.63) is 0 Å². The van der Waals surface area contributed by atoms with Gasteiger partial charge in [0, 0.05) is 13.2 Å². The van der Waals surface area contributed by atoms with Crippen LogP contribution in [0.2, 0.25) is 0 Å². The fraction of sp³-hybridized carbons (Fsp3) is 0.889. The van der Waals surface area contributed by atoms with Crippen molar-refractivity contribution < 1.29 is 4.74 Å². The topological polar surface area (TPSA) is 21.6 Å². The fourth-order valence-corrected chi connectivity index (χ4v) is 1.64. The summed E-state index contributed by atoms with van der Waals surface area (Å²) in [7, 11) is 0. The van der Waals surface area contributed by atoms with E-state index in [9.17, 15) is 0 Å². The first kappa shape index (κ1) is 8.72. The summed E-state index contributed by atoms with van der Waals surface area (Å²) >= 11 is 0. The summed E-state index contributed by atoms with van der Waals surface area (Å²) in [6.07, 6.45) is 2.07. The first-order valence-electron chi connectivity index (χ1n) is 4.27. The van der Waals surface area contributed by atoms with Crippen molar-refractivity contribution in [3.63, 3.8) is 0 Å². The van der Waals surface area contributed by atoms with Crippen molar-refractivity contribution in [2.45, 2.75) is 32.2 Å². The molecule has 0 N–H and O–H groups in total. The molecule has 2 heteroatoms. The summed E-state index contributed by atoms with van der Waals surface area (Å²) in [6.45, 7) is 9.78. The van der Waals surface area contributed by atoms with Crippen LogP contribution in [-0.4, -0.2) is 25.5 Å². The summed E-state index contributed by atoms with van der Waals surface area (Å²) in [5, 5.41) is 0. The number of hydrogen-bond donors (Lipinski definition) is 0. The van der Waals surface area contributed by atoms with E-state index in [2.05, 4.69) is 25.6 Å². The van der Waals surface area contributed by atoms with Crippen molar-refractivity contribution in [2.24, 2.45) is 10.9 Å². The van der Waals surface area contributed by atoms with Crippen LogP contribution >= 0.6 is 0 Å². The van der Waals surface area contributed by atoms with Crippen molar-refractivity contribution in [1.82, 2.24) is 0 Å². The molecule has 2 nitrogen and oxygen atoms in total. The molecule has 0 unspecified atom stereocenters. The van der Waals surface area contributed by atoms with Crippen LogP contribution in [0.1, 0.15) is 26.7 Å². The number of rotatable bonds is 2. The Bertz CT molecular complexity index is 136. The van der Waals surface area contributed by atoms with Gasteiger partial charge in [-0.25, -0.2) is 0 Å². The van der Waals surface area contributed by atoms with E-state index in [1.165, 1.54) is 0 Å². The van der Waals surface area contributed by atoms with Gasteiger partial charge < -0.3 is 4.74 Å². The lowest BCUT2D eigenvalue weighted by Gasteiger charge is -2.36. The molecule has 64 valence electrons. The van der Waals surface area contributed by atoms with E-state index in [4.69, 9.17) is 4.74 Å². The zero-order valence-corrected chi connectivity index (χ0v) is 7.47. The Morgan fingerprint density at radius 3 is 2.18 bits per heavy atom. The molecule has 0 spiro atoms. The summed E-state index contributed by atoms with van der Waals surface area (Å²) in [4.78, 5) is 4.25. The zero-order chi connectivity index (χ0) is 8.32. The summed E-state index contributed by atoms with van der Waals surface area (Å²) < 4.78 is 5.29. The quantitative estimate of drug-likeness (QED) is 0.558.